The molecule has 0 radical (unpaired) electrons. The zero-order valence-electron chi connectivity index (χ0n) is 12.5. The fourth-order valence-corrected chi connectivity index (χ4v) is 2.72. The van der Waals surface area contributed by atoms with Gasteiger partial charge in [-0.05, 0) is 17.5 Å². The van der Waals surface area contributed by atoms with Gasteiger partial charge in [-0.15, -0.1) is 0 Å². The first-order chi connectivity index (χ1) is 10.8. The van der Waals surface area contributed by atoms with Crippen LogP contribution in [0.2, 0.25) is 0 Å². The Labute approximate surface area is 129 Å². The highest BCUT2D eigenvalue weighted by molar-refractivity contribution is 6.07. The molecule has 0 bridgehead atoms. The average Bonchev–Trinajstić information content (AvgIpc) is 2.55. The van der Waals surface area contributed by atoms with Crippen LogP contribution in [0.3, 0.4) is 0 Å². The van der Waals surface area contributed by atoms with Crippen molar-refractivity contribution in [1.29, 1.82) is 0 Å². The van der Waals surface area contributed by atoms with Crippen LogP contribution >= 0.6 is 0 Å². The number of nitrogens with zero attached hydrogens (tertiary/aromatic N) is 1. The summed E-state index contributed by atoms with van der Waals surface area (Å²) in [5.41, 5.74) is 5.95. The van der Waals surface area contributed by atoms with Crippen molar-refractivity contribution in [2.24, 2.45) is 5.73 Å². The van der Waals surface area contributed by atoms with E-state index in [4.69, 9.17) is 15.2 Å². The van der Waals surface area contributed by atoms with E-state index in [1.807, 2.05) is 30.3 Å². The Morgan fingerprint density at radius 2 is 1.86 bits per heavy atom. The minimum absolute atomic E-state index is 0.420. The lowest BCUT2D eigenvalue weighted by atomic mass is 10.0. The minimum Gasteiger partial charge on any atom is -0.492 e. The maximum absolute atomic E-state index is 11.5. The minimum atomic E-state index is -0.420. The molecule has 1 amide bonds. The summed E-state index contributed by atoms with van der Waals surface area (Å²) < 4.78 is 11.3. The monoisotopic (exact) mass is 300 g/mol. The lowest BCUT2D eigenvalue weighted by Gasteiger charge is -2.26. The highest BCUT2D eigenvalue weighted by atomic mass is 16.5. The fraction of sp³-hybridized carbons (Fsp3) is 0.353. The summed E-state index contributed by atoms with van der Waals surface area (Å²) in [5.74, 6) is 0.366. The largest absolute Gasteiger partial charge is 0.492 e. The number of rotatable bonds is 5. The van der Waals surface area contributed by atoms with Gasteiger partial charge in [0.2, 0.25) is 5.91 Å². The predicted octanol–water partition coefficient (Wildman–Crippen LogP) is 1.65. The van der Waals surface area contributed by atoms with Gasteiger partial charge in [0.1, 0.15) is 12.4 Å². The van der Waals surface area contributed by atoms with Gasteiger partial charge >= 0.3 is 0 Å². The first kappa shape index (κ1) is 14.8. The van der Waals surface area contributed by atoms with Crippen LogP contribution in [0.25, 0.3) is 10.8 Å². The molecule has 2 aromatic rings. The molecule has 22 heavy (non-hydrogen) atoms. The van der Waals surface area contributed by atoms with Gasteiger partial charge in [0.05, 0.1) is 13.2 Å². The number of carbonyl (C=O) groups is 1. The molecular formula is C17H20N2O3. The van der Waals surface area contributed by atoms with Gasteiger partial charge < -0.3 is 15.2 Å². The molecule has 3 rings (SSSR count). The summed E-state index contributed by atoms with van der Waals surface area (Å²) in [6, 6.07) is 11.2. The smallest absolute Gasteiger partial charge is 0.249 e. The number of fused-ring (bicyclic) bond motifs is 1. The SMILES string of the molecule is NC(=O)c1ccc(OCCN2CCOCC2)c2ccccc12. The summed E-state index contributed by atoms with van der Waals surface area (Å²) in [5, 5.41) is 1.75. The molecule has 2 aromatic carbocycles. The van der Waals surface area contributed by atoms with Crippen LogP contribution in [0.5, 0.6) is 5.75 Å². The maximum atomic E-state index is 11.5. The number of primary amides is 1. The Hall–Kier alpha value is -2.11. The van der Waals surface area contributed by atoms with E-state index in [1.165, 1.54) is 0 Å². The molecule has 1 heterocycles. The average molecular weight is 300 g/mol. The molecule has 1 aliphatic heterocycles. The molecule has 116 valence electrons. The van der Waals surface area contributed by atoms with E-state index in [2.05, 4.69) is 4.90 Å². The van der Waals surface area contributed by atoms with Crippen molar-refractivity contribution in [3.63, 3.8) is 0 Å². The van der Waals surface area contributed by atoms with E-state index >= 15 is 0 Å². The first-order valence-corrected chi connectivity index (χ1v) is 7.50. The molecule has 0 aromatic heterocycles. The number of hydrogen-bond donors (Lipinski definition) is 1. The number of benzene rings is 2. The number of amides is 1. The lowest BCUT2D eigenvalue weighted by Crippen LogP contribution is -2.38. The molecular weight excluding hydrogens is 280 g/mol. The van der Waals surface area contributed by atoms with Gasteiger partial charge in [-0.3, -0.25) is 9.69 Å². The highest BCUT2D eigenvalue weighted by Crippen LogP contribution is 2.28. The molecule has 0 atom stereocenters. The molecule has 0 spiro atoms. The van der Waals surface area contributed by atoms with Crippen molar-refractivity contribution in [1.82, 2.24) is 4.90 Å². The Kier molecular flexibility index (Phi) is 4.56. The standard InChI is InChI=1S/C17H20N2O3/c18-17(20)15-5-6-16(14-4-2-1-3-13(14)15)22-12-9-19-7-10-21-11-8-19/h1-6H,7-12H2,(H2,18,20). The van der Waals surface area contributed by atoms with Gasteiger partial charge in [-0.1, -0.05) is 24.3 Å². The second-order valence-corrected chi connectivity index (χ2v) is 5.32. The summed E-state index contributed by atoms with van der Waals surface area (Å²) >= 11 is 0. The second kappa shape index (κ2) is 6.77. The van der Waals surface area contributed by atoms with E-state index in [0.717, 1.165) is 49.4 Å². The molecule has 1 fully saturated rings. The Bertz CT molecular complexity index is 666. The van der Waals surface area contributed by atoms with Crippen LogP contribution in [0.4, 0.5) is 0 Å². The lowest BCUT2D eigenvalue weighted by molar-refractivity contribution is 0.0323. The van der Waals surface area contributed by atoms with E-state index in [1.54, 1.807) is 6.07 Å². The molecule has 2 N–H and O–H groups in total. The Balaban J connectivity index is 1.73. The Morgan fingerprint density at radius 3 is 2.59 bits per heavy atom. The van der Waals surface area contributed by atoms with Gasteiger partial charge in [0, 0.05) is 30.6 Å². The van der Waals surface area contributed by atoms with Crippen LogP contribution in [-0.4, -0.2) is 50.3 Å². The van der Waals surface area contributed by atoms with Crippen molar-refractivity contribution >= 4 is 16.7 Å². The van der Waals surface area contributed by atoms with Gasteiger partial charge in [-0.2, -0.15) is 0 Å². The Morgan fingerprint density at radius 1 is 1.14 bits per heavy atom. The normalized spacial score (nSPS) is 15.8. The van der Waals surface area contributed by atoms with Crippen LogP contribution in [-0.2, 0) is 4.74 Å². The highest BCUT2D eigenvalue weighted by Gasteiger charge is 2.12. The quantitative estimate of drug-likeness (QED) is 0.912. The van der Waals surface area contributed by atoms with Crippen LogP contribution in [0.15, 0.2) is 36.4 Å². The predicted molar refractivity (Wildman–Crippen MR) is 85.2 cm³/mol. The topological polar surface area (TPSA) is 64.8 Å². The summed E-state index contributed by atoms with van der Waals surface area (Å²) in [6.45, 7) is 4.96. The zero-order chi connectivity index (χ0) is 15.4. The first-order valence-electron chi connectivity index (χ1n) is 7.50. The number of nitrogens with two attached hydrogens (primary N) is 1. The summed E-state index contributed by atoms with van der Waals surface area (Å²) in [7, 11) is 0. The van der Waals surface area contributed by atoms with Gasteiger partial charge in [0.15, 0.2) is 0 Å². The third kappa shape index (κ3) is 3.21. The van der Waals surface area contributed by atoms with E-state index in [0.29, 0.717) is 12.2 Å². The number of carbonyl (C=O) groups excluding carboxylic acids is 1. The second-order valence-electron chi connectivity index (χ2n) is 5.32. The van der Waals surface area contributed by atoms with Crippen molar-refractivity contribution in [3.8, 4) is 5.75 Å². The summed E-state index contributed by atoms with van der Waals surface area (Å²) in [6.07, 6.45) is 0. The maximum Gasteiger partial charge on any atom is 0.249 e. The number of morpholine rings is 1. The fourth-order valence-electron chi connectivity index (χ4n) is 2.72. The van der Waals surface area contributed by atoms with Crippen molar-refractivity contribution < 1.29 is 14.3 Å². The van der Waals surface area contributed by atoms with Crippen molar-refractivity contribution in [2.75, 3.05) is 39.5 Å². The van der Waals surface area contributed by atoms with Crippen LogP contribution in [0, 0.1) is 0 Å². The molecule has 5 heteroatoms. The number of ether oxygens (including phenoxy) is 2. The third-order valence-corrected chi connectivity index (χ3v) is 3.92. The summed E-state index contributed by atoms with van der Waals surface area (Å²) in [4.78, 5) is 13.8. The van der Waals surface area contributed by atoms with E-state index in [9.17, 15) is 4.79 Å². The molecule has 1 saturated heterocycles. The van der Waals surface area contributed by atoms with Crippen molar-refractivity contribution in [3.05, 3.63) is 42.0 Å². The number of hydrogen-bond acceptors (Lipinski definition) is 4. The molecule has 0 unspecified atom stereocenters. The third-order valence-electron chi connectivity index (χ3n) is 3.92. The molecule has 0 aliphatic carbocycles. The molecule has 1 aliphatic rings. The van der Waals surface area contributed by atoms with Gasteiger partial charge in [0.25, 0.3) is 0 Å². The molecule has 0 saturated carbocycles. The van der Waals surface area contributed by atoms with Gasteiger partial charge in [-0.25, -0.2) is 0 Å². The molecule has 5 nitrogen and oxygen atoms in total. The van der Waals surface area contributed by atoms with E-state index < -0.39 is 5.91 Å². The van der Waals surface area contributed by atoms with Crippen LogP contribution in [0.1, 0.15) is 10.4 Å². The van der Waals surface area contributed by atoms with Crippen LogP contribution < -0.4 is 10.5 Å². The van der Waals surface area contributed by atoms with Crippen molar-refractivity contribution in [2.45, 2.75) is 0 Å². The zero-order valence-corrected chi connectivity index (χ0v) is 12.5. The van der Waals surface area contributed by atoms with E-state index in [-0.39, 0.29) is 0 Å².